The second-order valence-electron chi connectivity index (χ2n) is 2.08. The second kappa shape index (κ2) is 3.16. The molecular formula is C7H4ClN3S. The maximum Gasteiger partial charge on any atom is 0.180 e. The third-order valence-electron chi connectivity index (χ3n) is 1.28. The van der Waals surface area contributed by atoms with E-state index in [0.717, 1.165) is 5.69 Å². The van der Waals surface area contributed by atoms with Gasteiger partial charge in [0.05, 0.1) is 5.51 Å². The molecule has 0 fully saturated rings. The summed E-state index contributed by atoms with van der Waals surface area (Å²) in [6.07, 6.45) is 1.62. The molecule has 3 nitrogen and oxygen atoms in total. The molecule has 2 aromatic heterocycles. The van der Waals surface area contributed by atoms with Gasteiger partial charge >= 0.3 is 0 Å². The summed E-state index contributed by atoms with van der Waals surface area (Å²) in [5.74, 6) is 0.573. The Balaban J connectivity index is 2.48. The van der Waals surface area contributed by atoms with Crippen LogP contribution in [0.1, 0.15) is 0 Å². The fraction of sp³-hybridized carbons (Fsp3) is 0. The van der Waals surface area contributed by atoms with Gasteiger partial charge in [-0.15, -0.1) is 11.3 Å². The number of hydrogen-bond donors (Lipinski definition) is 0. The Morgan fingerprint density at radius 3 is 2.92 bits per heavy atom. The van der Waals surface area contributed by atoms with Crippen LogP contribution in [0.5, 0.6) is 0 Å². The van der Waals surface area contributed by atoms with Crippen LogP contribution in [-0.2, 0) is 0 Å². The van der Waals surface area contributed by atoms with Gasteiger partial charge in [0.15, 0.2) is 5.82 Å². The minimum Gasteiger partial charge on any atom is -0.241 e. The molecule has 0 radical (unpaired) electrons. The van der Waals surface area contributed by atoms with E-state index < -0.39 is 0 Å². The van der Waals surface area contributed by atoms with Crippen molar-refractivity contribution in [1.82, 2.24) is 15.0 Å². The molecule has 0 N–H and O–H groups in total. The number of rotatable bonds is 1. The number of thiazole rings is 1. The van der Waals surface area contributed by atoms with Gasteiger partial charge in [0.1, 0.15) is 10.8 Å². The van der Waals surface area contributed by atoms with E-state index in [1.165, 1.54) is 11.3 Å². The number of aromatic nitrogens is 3. The van der Waals surface area contributed by atoms with Crippen molar-refractivity contribution < 1.29 is 0 Å². The van der Waals surface area contributed by atoms with Crippen LogP contribution in [0.15, 0.2) is 23.2 Å². The SMILES string of the molecule is Clc1ccnc(-c2cscn2)n1. The van der Waals surface area contributed by atoms with Gasteiger partial charge in [0.25, 0.3) is 0 Å². The van der Waals surface area contributed by atoms with E-state index in [4.69, 9.17) is 11.6 Å². The first-order valence-electron chi connectivity index (χ1n) is 3.23. The first kappa shape index (κ1) is 7.64. The molecule has 0 spiro atoms. The van der Waals surface area contributed by atoms with Crippen LogP contribution >= 0.6 is 22.9 Å². The van der Waals surface area contributed by atoms with Crippen LogP contribution in [0.3, 0.4) is 0 Å². The highest BCUT2D eigenvalue weighted by Crippen LogP contribution is 2.15. The van der Waals surface area contributed by atoms with E-state index in [9.17, 15) is 0 Å². The molecule has 12 heavy (non-hydrogen) atoms. The fourth-order valence-electron chi connectivity index (χ4n) is 0.783. The van der Waals surface area contributed by atoms with Crippen molar-refractivity contribution in [3.05, 3.63) is 28.3 Å². The minimum absolute atomic E-state index is 0.438. The quantitative estimate of drug-likeness (QED) is 0.659. The Labute approximate surface area is 78.1 Å². The fourth-order valence-corrected chi connectivity index (χ4v) is 1.45. The van der Waals surface area contributed by atoms with Gasteiger partial charge < -0.3 is 0 Å². The number of halogens is 1. The maximum absolute atomic E-state index is 5.69. The van der Waals surface area contributed by atoms with E-state index >= 15 is 0 Å². The summed E-state index contributed by atoms with van der Waals surface area (Å²) in [6.45, 7) is 0. The Bertz CT molecular complexity index is 374. The third-order valence-corrected chi connectivity index (χ3v) is 2.08. The lowest BCUT2D eigenvalue weighted by Crippen LogP contribution is -1.87. The van der Waals surface area contributed by atoms with E-state index in [1.54, 1.807) is 17.8 Å². The lowest BCUT2D eigenvalue weighted by molar-refractivity contribution is 1.15. The van der Waals surface area contributed by atoms with Crippen molar-refractivity contribution in [2.75, 3.05) is 0 Å². The zero-order valence-electron chi connectivity index (χ0n) is 5.94. The Kier molecular flexibility index (Phi) is 2.01. The van der Waals surface area contributed by atoms with Crippen molar-refractivity contribution in [3.63, 3.8) is 0 Å². The lowest BCUT2D eigenvalue weighted by Gasteiger charge is -1.93. The minimum atomic E-state index is 0.438. The average molecular weight is 198 g/mol. The average Bonchev–Trinajstić information content (AvgIpc) is 2.56. The number of hydrogen-bond acceptors (Lipinski definition) is 4. The van der Waals surface area contributed by atoms with Crippen LogP contribution in [0, 0.1) is 0 Å². The Morgan fingerprint density at radius 2 is 2.25 bits per heavy atom. The summed E-state index contributed by atoms with van der Waals surface area (Å²) in [7, 11) is 0. The van der Waals surface area contributed by atoms with Crippen molar-refractivity contribution in [2.24, 2.45) is 0 Å². The smallest absolute Gasteiger partial charge is 0.180 e. The molecule has 0 aromatic carbocycles. The summed E-state index contributed by atoms with van der Waals surface area (Å²) in [4.78, 5) is 12.1. The van der Waals surface area contributed by atoms with Crippen LogP contribution in [-0.4, -0.2) is 15.0 Å². The molecule has 0 unspecified atom stereocenters. The third kappa shape index (κ3) is 1.44. The second-order valence-corrected chi connectivity index (χ2v) is 3.18. The van der Waals surface area contributed by atoms with E-state index in [-0.39, 0.29) is 0 Å². The van der Waals surface area contributed by atoms with Crippen molar-refractivity contribution in [2.45, 2.75) is 0 Å². The molecule has 2 heterocycles. The zero-order valence-corrected chi connectivity index (χ0v) is 7.51. The topological polar surface area (TPSA) is 38.7 Å². The van der Waals surface area contributed by atoms with E-state index in [2.05, 4.69) is 15.0 Å². The van der Waals surface area contributed by atoms with E-state index in [0.29, 0.717) is 11.0 Å². The molecule has 0 amide bonds. The predicted molar refractivity (Wildman–Crippen MR) is 48.2 cm³/mol. The molecule has 0 aliphatic carbocycles. The predicted octanol–water partition coefficient (Wildman–Crippen LogP) is 2.25. The van der Waals surface area contributed by atoms with Gasteiger partial charge in [-0.3, -0.25) is 0 Å². The van der Waals surface area contributed by atoms with Crippen LogP contribution in [0.2, 0.25) is 5.15 Å². The molecule has 0 saturated heterocycles. The van der Waals surface area contributed by atoms with E-state index in [1.807, 2.05) is 5.38 Å². The summed E-state index contributed by atoms with van der Waals surface area (Å²) >= 11 is 7.19. The zero-order chi connectivity index (χ0) is 8.39. The molecular weight excluding hydrogens is 194 g/mol. The molecule has 0 aliphatic heterocycles. The molecule has 0 saturated carbocycles. The van der Waals surface area contributed by atoms with Crippen LogP contribution in [0.4, 0.5) is 0 Å². The molecule has 60 valence electrons. The maximum atomic E-state index is 5.69. The van der Waals surface area contributed by atoms with Crippen LogP contribution in [0.25, 0.3) is 11.5 Å². The first-order chi connectivity index (χ1) is 5.86. The van der Waals surface area contributed by atoms with Gasteiger partial charge in [-0.25, -0.2) is 15.0 Å². The molecule has 2 rings (SSSR count). The molecule has 0 bridgehead atoms. The summed E-state index contributed by atoms with van der Waals surface area (Å²) in [6, 6.07) is 1.64. The highest BCUT2D eigenvalue weighted by atomic mass is 35.5. The molecule has 0 atom stereocenters. The normalized spacial score (nSPS) is 10.1. The van der Waals surface area contributed by atoms with Crippen molar-refractivity contribution >= 4 is 22.9 Å². The Morgan fingerprint density at radius 1 is 1.33 bits per heavy atom. The largest absolute Gasteiger partial charge is 0.241 e. The highest BCUT2D eigenvalue weighted by Gasteiger charge is 2.02. The number of nitrogens with zero attached hydrogens (tertiary/aromatic N) is 3. The molecule has 0 aliphatic rings. The van der Waals surface area contributed by atoms with Crippen LogP contribution < -0.4 is 0 Å². The monoisotopic (exact) mass is 197 g/mol. The highest BCUT2D eigenvalue weighted by molar-refractivity contribution is 7.07. The molecule has 5 heteroatoms. The lowest BCUT2D eigenvalue weighted by atomic mass is 10.4. The van der Waals surface area contributed by atoms with Crippen molar-refractivity contribution in [3.8, 4) is 11.5 Å². The Hall–Kier alpha value is -1.00. The summed E-state index contributed by atoms with van der Waals surface area (Å²) in [5.41, 5.74) is 2.50. The van der Waals surface area contributed by atoms with Gasteiger partial charge in [-0.2, -0.15) is 0 Å². The summed E-state index contributed by atoms with van der Waals surface area (Å²) in [5, 5.41) is 2.32. The first-order valence-corrected chi connectivity index (χ1v) is 4.55. The standard InChI is InChI=1S/C7H4ClN3S/c8-6-1-2-9-7(11-6)5-3-12-4-10-5/h1-4H. The van der Waals surface area contributed by atoms with Gasteiger partial charge in [0.2, 0.25) is 0 Å². The van der Waals surface area contributed by atoms with Crippen molar-refractivity contribution in [1.29, 1.82) is 0 Å². The molecule has 2 aromatic rings. The van der Waals surface area contributed by atoms with Gasteiger partial charge in [-0.05, 0) is 6.07 Å². The summed E-state index contributed by atoms with van der Waals surface area (Å²) < 4.78 is 0. The van der Waals surface area contributed by atoms with Gasteiger partial charge in [-0.1, -0.05) is 11.6 Å². The van der Waals surface area contributed by atoms with Gasteiger partial charge in [0, 0.05) is 11.6 Å².